The Bertz CT molecular complexity index is 888. The van der Waals surface area contributed by atoms with Crippen molar-refractivity contribution >= 4 is 23.5 Å². The first-order valence-electron chi connectivity index (χ1n) is 11.0. The second kappa shape index (κ2) is 12.1. The van der Waals surface area contributed by atoms with Crippen LogP contribution in [0.3, 0.4) is 0 Å². The van der Waals surface area contributed by atoms with Gasteiger partial charge in [-0.05, 0) is 73.2 Å². The zero-order valence-corrected chi connectivity index (χ0v) is 19.2. The maximum Gasteiger partial charge on any atom is 0.271 e. The minimum absolute atomic E-state index is 0.251. The van der Waals surface area contributed by atoms with Crippen LogP contribution in [0.4, 0.5) is 11.4 Å². The third-order valence-corrected chi connectivity index (χ3v) is 5.49. The van der Waals surface area contributed by atoms with Gasteiger partial charge < -0.3 is 11.5 Å². The topological polar surface area (TPSA) is 100.0 Å². The third-order valence-electron chi connectivity index (χ3n) is 5.49. The van der Waals surface area contributed by atoms with E-state index in [0.29, 0.717) is 23.5 Å². The Balaban J connectivity index is 2.18. The molecule has 0 heterocycles. The van der Waals surface area contributed by atoms with Gasteiger partial charge in [0, 0.05) is 30.0 Å². The normalized spacial score (nSPS) is 11.5. The zero-order valence-electron chi connectivity index (χ0n) is 19.2. The number of hydrogen-bond donors (Lipinski definition) is 3. The molecule has 0 bridgehead atoms. The Morgan fingerprint density at radius 2 is 1.39 bits per heavy atom. The lowest BCUT2D eigenvalue weighted by atomic mass is 10.1. The molecule has 1 amide bonds. The van der Waals surface area contributed by atoms with Crippen molar-refractivity contribution in [3.63, 3.8) is 0 Å². The van der Waals surface area contributed by atoms with Crippen LogP contribution in [-0.4, -0.2) is 48.1 Å². The van der Waals surface area contributed by atoms with Crippen LogP contribution < -0.4 is 16.9 Å². The first kappa shape index (κ1) is 24.4. The van der Waals surface area contributed by atoms with E-state index in [2.05, 4.69) is 48.0 Å². The van der Waals surface area contributed by atoms with E-state index in [9.17, 15) is 4.79 Å². The molecule has 0 aliphatic heterocycles. The Morgan fingerprint density at radius 3 is 1.97 bits per heavy atom. The van der Waals surface area contributed by atoms with Gasteiger partial charge in [0.1, 0.15) is 0 Å². The number of carbonyl (C=O) groups excluding carboxylic acids is 1. The van der Waals surface area contributed by atoms with Crippen LogP contribution in [0.5, 0.6) is 0 Å². The summed E-state index contributed by atoms with van der Waals surface area (Å²) in [6, 6.07) is 11.1. The molecule has 168 valence electrons. The molecule has 0 saturated carbocycles. The lowest BCUT2D eigenvalue weighted by Gasteiger charge is -2.20. The number of benzene rings is 2. The van der Waals surface area contributed by atoms with Crippen LogP contribution in [-0.2, 0) is 13.1 Å². The number of nitrogens with one attached hydrogen (secondary N) is 1. The van der Waals surface area contributed by atoms with Gasteiger partial charge in [0.15, 0.2) is 0 Å². The SMILES string of the molecule is CCN(CC)Cc1cc(N)ccc1/C=N/NC(=O)c1ccc(N)cc1CN(CC)CC. The average Bonchev–Trinajstić information content (AvgIpc) is 2.77. The largest absolute Gasteiger partial charge is 0.399 e. The first-order chi connectivity index (χ1) is 14.9. The zero-order chi connectivity index (χ0) is 22.8. The summed E-state index contributed by atoms with van der Waals surface area (Å²) in [6.45, 7) is 13.6. The maximum atomic E-state index is 12.8. The highest BCUT2D eigenvalue weighted by atomic mass is 16.2. The van der Waals surface area contributed by atoms with Crippen molar-refractivity contribution in [2.75, 3.05) is 37.6 Å². The molecule has 0 radical (unpaired) electrons. The Kier molecular flexibility index (Phi) is 9.49. The molecule has 2 aromatic carbocycles. The monoisotopic (exact) mass is 424 g/mol. The van der Waals surface area contributed by atoms with E-state index in [-0.39, 0.29) is 5.91 Å². The first-order valence-corrected chi connectivity index (χ1v) is 11.0. The Labute approximate surface area is 186 Å². The number of hydrazone groups is 1. The van der Waals surface area contributed by atoms with E-state index in [4.69, 9.17) is 11.5 Å². The maximum absolute atomic E-state index is 12.8. The highest BCUT2D eigenvalue weighted by Crippen LogP contribution is 2.17. The second-order valence-electron chi connectivity index (χ2n) is 7.50. The summed E-state index contributed by atoms with van der Waals surface area (Å²) in [7, 11) is 0. The van der Waals surface area contributed by atoms with Crippen molar-refractivity contribution in [3.8, 4) is 0 Å². The van der Waals surface area contributed by atoms with Crippen molar-refractivity contribution < 1.29 is 4.79 Å². The third kappa shape index (κ3) is 7.08. The van der Waals surface area contributed by atoms with Crippen molar-refractivity contribution in [2.24, 2.45) is 5.10 Å². The molecular weight excluding hydrogens is 388 g/mol. The van der Waals surface area contributed by atoms with E-state index in [1.165, 1.54) is 0 Å². The van der Waals surface area contributed by atoms with E-state index in [1.54, 1.807) is 18.3 Å². The highest BCUT2D eigenvalue weighted by Gasteiger charge is 2.13. The molecule has 0 saturated heterocycles. The van der Waals surface area contributed by atoms with E-state index in [1.807, 2.05) is 24.3 Å². The number of carbonyl (C=O) groups is 1. The summed E-state index contributed by atoms with van der Waals surface area (Å²) in [5.74, 6) is -0.251. The van der Waals surface area contributed by atoms with Crippen molar-refractivity contribution in [1.29, 1.82) is 0 Å². The molecule has 7 nitrogen and oxygen atoms in total. The van der Waals surface area contributed by atoms with E-state index < -0.39 is 0 Å². The van der Waals surface area contributed by atoms with Gasteiger partial charge in [-0.2, -0.15) is 5.10 Å². The Hall–Kier alpha value is -2.90. The van der Waals surface area contributed by atoms with Gasteiger partial charge in [0.05, 0.1) is 6.21 Å². The molecule has 0 aliphatic rings. The van der Waals surface area contributed by atoms with Crippen molar-refractivity contribution in [1.82, 2.24) is 15.2 Å². The predicted octanol–water partition coefficient (Wildman–Crippen LogP) is 3.30. The fourth-order valence-corrected chi connectivity index (χ4v) is 3.45. The summed E-state index contributed by atoms with van der Waals surface area (Å²) >= 11 is 0. The van der Waals surface area contributed by atoms with Crippen LogP contribution in [0.25, 0.3) is 0 Å². The molecular formula is C24H36N6O. The van der Waals surface area contributed by atoms with Crippen LogP contribution in [0.1, 0.15) is 54.7 Å². The van der Waals surface area contributed by atoms with Gasteiger partial charge in [-0.3, -0.25) is 14.6 Å². The minimum Gasteiger partial charge on any atom is -0.399 e. The number of nitrogens with zero attached hydrogens (tertiary/aromatic N) is 3. The van der Waals surface area contributed by atoms with Crippen LogP contribution in [0.15, 0.2) is 41.5 Å². The van der Waals surface area contributed by atoms with Gasteiger partial charge in [-0.25, -0.2) is 5.43 Å². The lowest BCUT2D eigenvalue weighted by Crippen LogP contribution is -2.26. The number of anilines is 2. The van der Waals surface area contributed by atoms with Gasteiger partial charge in [0.25, 0.3) is 5.91 Å². The van der Waals surface area contributed by atoms with Crippen molar-refractivity contribution in [3.05, 3.63) is 58.7 Å². The number of nitrogens with two attached hydrogens (primary N) is 2. The van der Waals surface area contributed by atoms with Crippen LogP contribution in [0, 0.1) is 0 Å². The van der Waals surface area contributed by atoms with Crippen molar-refractivity contribution in [2.45, 2.75) is 40.8 Å². The number of nitrogen functional groups attached to an aromatic ring is 2. The lowest BCUT2D eigenvalue weighted by molar-refractivity contribution is 0.0953. The molecule has 5 N–H and O–H groups in total. The van der Waals surface area contributed by atoms with Crippen LogP contribution >= 0.6 is 0 Å². The van der Waals surface area contributed by atoms with E-state index >= 15 is 0 Å². The Morgan fingerprint density at radius 1 is 0.871 bits per heavy atom. The predicted molar refractivity (Wildman–Crippen MR) is 130 cm³/mol. The smallest absolute Gasteiger partial charge is 0.271 e. The molecule has 2 aromatic rings. The molecule has 7 heteroatoms. The molecule has 0 aliphatic carbocycles. The molecule has 0 atom stereocenters. The second-order valence-corrected chi connectivity index (χ2v) is 7.50. The van der Waals surface area contributed by atoms with Gasteiger partial charge in [-0.1, -0.05) is 33.8 Å². The summed E-state index contributed by atoms with van der Waals surface area (Å²) < 4.78 is 0. The highest BCUT2D eigenvalue weighted by molar-refractivity contribution is 5.96. The molecule has 2 rings (SSSR count). The van der Waals surface area contributed by atoms with Gasteiger partial charge in [-0.15, -0.1) is 0 Å². The standard InChI is InChI=1S/C24H36N6O/c1-5-29(6-2)16-19-13-21(25)10-9-18(19)15-27-28-24(31)23-12-11-22(26)14-20(23)17-30(7-3)8-4/h9-15H,5-8,16-17,25-26H2,1-4H3,(H,28,31)/b27-15+. The molecule has 0 fully saturated rings. The fraction of sp³-hybridized carbons (Fsp3) is 0.417. The van der Waals surface area contributed by atoms with Gasteiger partial charge >= 0.3 is 0 Å². The van der Waals surface area contributed by atoms with E-state index in [0.717, 1.165) is 49.4 Å². The summed E-state index contributed by atoms with van der Waals surface area (Å²) in [5.41, 5.74) is 19.5. The number of hydrogen-bond acceptors (Lipinski definition) is 6. The molecule has 0 spiro atoms. The summed E-state index contributed by atoms with van der Waals surface area (Å²) in [6.07, 6.45) is 1.68. The number of rotatable bonds is 11. The molecule has 0 aromatic heterocycles. The quantitative estimate of drug-likeness (QED) is 0.292. The van der Waals surface area contributed by atoms with Gasteiger partial charge in [0.2, 0.25) is 0 Å². The summed E-state index contributed by atoms with van der Waals surface area (Å²) in [4.78, 5) is 17.4. The van der Waals surface area contributed by atoms with Crippen LogP contribution in [0.2, 0.25) is 0 Å². The molecule has 0 unspecified atom stereocenters. The summed E-state index contributed by atoms with van der Waals surface area (Å²) in [5, 5.41) is 4.22. The minimum atomic E-state index is -0.251. The fourth-order valence-electron chi connectivity index (χ4n) is 3.45. The average molecular weight is 425 g/mol. The number of amides is 1. The molecule has 31 heavy (non-hydrogen) atoms.